The summed E-state index contributed by atoms with van der Waals surface area (Å²) >= 11 is 1.48. The second-order valence-corrected chi connectivity index (χ2v) is 9.72. The summed E-state index contributed by atoms with van der Waals surface area (Å²) in [7, 11) is -3.72. The first-order valence-electron chi connectivity index (χ1n) is 9.67. The van der Waals surface area contributed by atoms with E-state index in [2.05, 4.69) is 5.32 Å². The summed E-state index contributed by atoms with van der Waals surface area (Å²) in [6.45, 7) is 1.67. The van der Waals surface area contributed by atoms with E-state index in [1.807, 2.05) is 18.4 Å². The van der Waals surface area contributed by atoms with E-state index in [1.54, 1.807) is 29.2 Å². The number of para-hydroxylation sites is 1. The van der Waals surface area contributed by atoms with E-state index in [-0.39, 0.29) is 12.5 Å². The lowest BCUT2D eigenvalue weighted by molar-refractivity contribution is -0.114. The quantitative estimate of drug-likeness (QED) is 0.633. The van der Waals surface area contributed by atoms with Gasteiger partial charge in [-0.1, -0.05) is 12.1 Å². The molecule has 3 rings (SSSR count). The van der Waals surface area contributed by atoms with Gasteiger partial charge < -0.3 is 15.0 Å². The maximum Gasteiger partial charge on any atom is 0.254 e. The molecule has 8 nitrogen and oxygen atoms in total. The number of amides is 2. The molecule has 1 N–H and O–H groups in total. The van der Waals surface area contributed by atoms with Gasteiger partial charge in [0, 0.05) is 23.5 Å². The van der Waals surface area contributed by atoms with E-state index < -0.39 is 15.9 Å². The first-order valence-corrected chi connectivity index (χ1v) is 12.7. The Morgan fingerprint density at radius 1 is 1.10 bits per heavy atom. The number of hydrogen-bond acceptors (Lipinski definition) is 6. The van der Waals surface area contributed by atoms with Gasteiger partial charge in [0.05, 0.1) is 30.8 Å². The van der Waals surface area contributed by atoms with E-state index in [1.165, 1.54) is 23.9 Å². The molecule has 31 heavy (non-hydrogen) atoms. The largest absolute Gasteiger partial charge is 0.378 e. The molecule has 0 atom stereocenters. The summed E-state index contributed by atoms with van der Waals surface area (Å²) in [5.41, 5.74) is 1.40. The van der Waals surface area contributed by atoms with Crippen LogP contribution in [0.15, 0.2) is 53.4 Å². The lowest BCUT2D eigenvalue weighted by Gasteiger charge is -2.27. The van der Waals surface area contributed by atoms with E-state index in [0.717, 1.165) is 15.5 Å². The van der Waals surface area contributed by atoms with Crippen LogP contribution in [0.5, 0.6) is 0 Å². The molecule has 0 bridgehead atoms. The second-order valence-electron chi connectivity index (χ2n) is 6.97. The molecule has 0 spiro atoms. The van der Waals surface area contributed by atoms with Crippen molar-refractivity contribution in [3.63, 3.8) is 0 Å². The summed E-state index contributed by atoms with van der Waals surface area (Å²) in [5.74, 6) is -0.590. The summed E-state index contributed by atoms with van der Waals surface area (Å²) in [4.78, 5) is 27.8. The highest BCUT2D eigenvalue weighted by atomic mass is 32.2. The van der Waals surface area contributed by atoms with Crippen molar-refractivity contribution in [3.05, 3.63) is 54.1 Å². The summed E-state index contributed by atoms with van der Waals surface area (Å²) < 4.78 is 31.0. The Morgan fingerprint density at radius 3 is 2.35 bits per heavy atom. The fraction of sp³-hybridized carbons (Fsp3) is 0.333. The SMILES string of the molecule is CSc1ccccc1NC(=O)CN(c1ccc(C(=O)N2CCOCC2)cc1)S(C)(=O)=O. The lowest BCUT2D eigenvalue weighted by Crippen LogP contribution is -2.40. The average Bonchev–Trinajstić information content (AvgIpc) is 2.77. The highest BCUT2D eigenvalue weighted by Gasteiger charge is 2.23. The minimum Gasteiger partial charge on any atom is -0.378 e. The number of benzene rings is 2. The van der Waals surface area contributed by atoms with Crippen LogP contribution in [-0.2, 0) is 19.6 Å². The van der Waals surface area contributed by atoms with Crippen LogP contribution in [0.3, 0.4) is 0 Å². The van der Waals surface area contributed by atoms with Crippen molar-refractivity contribution in [1.82, 2.24) is 4.90 Å². The molecular weight excluding hydrogens is 438 g/mol. The Morgan fingerprint density at radius 2 is 1.74 bits per heavy atom. The molecule has 10 heteroatoms. The fourth-order valence-corrected chi connectivity index (χ4v) is 4.60. The van der Waals surface area contributed by atoms with Crippen molar-refractivity contribution in [3.8, 4) is 0 Å². The molecule has 1 saturated heterocycles. The molecule has 1 aliphatic rings. The maximum atomic E-state index is 12.6. The van der Waals surface area contributed by atoms with Crippen molar-refractivity contribution >= 4 is 45.0 Å². The molecule has 166 valence electrons. The Labute approximate surface area is 186 Å². The van der Waals surface area contributed by atoms with Crippen LogP contribution in [-0.4, -0.2) is 70.5 Å². The highest BCUT2D eigenvalue weighted by molar-refractivity contribution is 7.98. The predicted molar refractivity (Wildman–Crippen MR) is 122 cm³/mol. The van der Waals surface area contributed by atoms with Gasteiger partial charge in [-0.05, 0) is 42.7 Å². The van der Waals surface area contributed by atoms with Crippen LogP contribution in [0.4, 0.5) is 11.4 Å². The molecule has 1 aliphatic heterocycles. The van der Waals surface area contributed by atoms with Crippen molar-refractivity contribution in [2.45, 2.75) is 4.90 Å². The molecule has 2 aromatic rings. The number of sulfonamides is 1. The number of thioether (sulfide) groups is 1. The molecule has 2 amide bonds. The Balaban J connectivity index is 1.75. The second kappa shape index (κ2) is 10.2. The number of nitrogens with zero attached hydrogens (tertiary/aromatic N) is 2. The van der Waals surface area contributed by atoms with Gasteiger partial charge in [0.2, 0.25) is 15.9 Å². The lowest BCUT2D eigenvalue weighted by atomic mass is 10.1. The van der Waals surface area contributed by atoms with E-state index >= 15 is 0 Å². The van der Waals surface area contributed by atoms with Crippen LogP contribution in [0.2, 0.25) is 0 Å². The van der Waals surface area contributed by atoms with E-state index in [4.69, 9.17) is 4.74 Å². The maximum absolute atomic E-state index is 12.6. The summed E-state index contributed by atoms with van der Waals surface area (Å²) in [5, 5.41) is 2.77. The van der Waals surface area contributed by atoms with Gasteiger partial charge >= 0.3 is 0 Å². The minimum absolute atomic E-state index is 0.132. The van der Waals surface area contributed by atoms with Gasteiger partial charge in [-0.2, -0.15) is 0 Å². The van der Waals surface area contributed by atoms with Crippen LogP contribution in [0.25, 0.3) is 0 Å². The molecule has 1 fully saturated rings. The van der Waals surface area contributed by atoms with Gasteiger partial charge in [-0.15, -0.1) is 11.8 Å². The van der Waals surface area contributed by atoms with Crippen LogP contribution < -0.4 is 9.62 Å². The normalized spacial score (nSPS) is 14.2. The van der Waals surface area contributed by atoms with Gasteiger partial charge in [-0.3, -0.25) is 13.9 Å². The zero-order chi connectivity index (χ0) is 22.4. The van der Waals surface area contributed by atoms with Gasteiger partial charge in [0.25, 0.3) is 5.91 Å². The molecule has 0 aliphatic carbocycles. The van der Waals surface area contributed by atoms with Crippen molar-refractivity contribution in [2.75, 3.05) is 55.0 Å². The molecule has 2 aromatic carbocycles. The molecule has 0 radical (unpaired) electrons. The number of ether oxygens (including phenoxy) is 1. The van der Waals surface area contributed by atoms with Gasteiger partial charge in [0.15, 0.2) is 0 Å². The smallest absolute Gasteiger partial charge is 0.254 e. The Hall–Kier alpha value is -2.56. The number of hydrogen-bond donors (Lipinski definition) is 1. The number of nitrogens with one attached hydrogen (secondary N) is 1. The number of carbonyl (C=O) groups excluding carboxylic acids is 2. The zero-order valence-electron chi connectivity index (χ0n) is 17.4. The Kier molecular flexibility index (Phi) is 7.58. The van der Waals surface area contributed by atoms with Crippen molar-refractivity contribution < 1.29 is 22.7 Å². The number of rotatable bonds is 7. The zero-order valence-corrected chi connectivity index (χ0v) is 19.0. The van der Waals surface area contributed by atoms with E-state index in [9.17, 15) is 18.0 Å². The standard InChI is InChI=1S/C21H25N3O5S2/c1-30-19-6-4-3-5-18(19)22-20(25)15-24(31(2,27)28)17-9-7-16(8-10-17)21(26)23-11-13-29-14-12-23/h3-10H,11-15H2,1-2H3,(H,22,25). The average molecular weight is 464 g/mol. The Bertz CT molecular complexity index is 1040. The van der Waals surface area contributed by atoms with Crippen molar-refractivity contribution in [2.24, 2.45) is 0 Å². The number of morpholine rings is 1. The molecule has 0 aromatic heterocycles. The molecule has 0 unspecified atom stereocenters. The number of anilines is 2. The monoisotopic (exact) mass is 463 g/mol. The third-order valence-corrected chi connectivity index (χ3v) is 6.71. The highest BCUT2D eigenvalue weighted by Crippen LogP contribution is 2.25. The third-order valence-electron chi connectivity index (χ3n) is 4.77. The third kappa shape index (κ3) is 5.99. The molecular formula is C21H25N3O5S2. The van der Waals surface area contributed by atoms with Crippen LogP contribution in [0.1, 0.15) is 10.4 Å². The van der Waals surface area contributed by atoms with Crippen LogP contribution >= 0.6 is 11.8 Å². The topological polar surface area (TPSA) is 96.0 Å². The molecule has 0 saturated carbocycles. The fourth-order valence-electron chi connectivity index (χ4n) is 3.19. The first kappa shape index (κ1) is 23.1. The van der Waals surface area contributed by atoms with Crippen LogP contribution in [0, 0.1) is 0 Å². The minimum atomic E-state index is -3.72. The molecule has 1 heterocycles. The predicted octanol–water partition coefficient (Wildman–Crippen LogP) is 2.29. The van der Waals surface area contributed by atoms with Gasteiger partial charge in [0.1, 0.15) is 6.54 Å². The summed E-state index contributed by atoms with van der Waals surface area (Å²) in [6.07, 6.45) is 2.94. The summed E-state index contributed by atoms with van der Waals surface area (Å²) in [6, 6.07) is 13.5. The van der Waals surface area contributed by atoms with E-state index in [0.29, 0.717) is 43.2 Å². The van der Waals surface area contributed by atoms with Gasteiger partial charge in [-0.25, -0.2) is 8.42 Å². The van der Waals surface area contributed by atoms with Crippen molar-refractivity contribution in [1.29, 1.82) is 0 Å². The first-order chi connectivity index (χ1) is 14.8. The number of carbonyl (C=O) groups is 2.